The van der Waals surface area contributed by atoms with Gasteiger partial charge in [0.2, 0.25) is 0 Å². The van der Waals surface area contributed by atoms with Gasteiger partial charge in [-0.05, 0) is 36.9 Å². The predicted octanol–water partition coefficient (Wildman–Crippen LogP) is 4.02. The molecule has 0 saturated heterocycles. The van der Waals surface area contributed by atoms with Gasteiger partial charge in [-0.2, -0.15) is 0 Å². The molecule has 0 heterocycles. The molecular weight excluding hydrogens is 262 g/mol. The maximum Gasteiger partial charge on any atom is 0.0207 e. The molecular formula is C14H22BrN. The number of rotatable bonds is 5. The monoisotopic (exact) mass is 283 g/mol. The van der Waals surface area contributed by atoms with Crippen molar-refractivity contribution in [3.8, 4) is 0 Å². The zero-order valence-corrected chi connectivity index (χ0v) is 12.3. The molecule has 1 rings (SSSR count). The summed E-state index contributed by atoms with van der Waals surface area (Å²) in [6, 6.07) is 8.98. The molecule has 1 N–H and O–H groups in total. The fraction of sp³-hybridized carbons (Fsp3) is 0.571. The molecule has 0 saturated carbocycles. The fourth-order valence-electron chi connectivity index (χ4n) is 1.90. The molecule has 0 aliphatic carbocycles. The summed E-state index contributed by atoms with van der Waals surface area (Å²) in [6.07, 6.45) is 2.25. The molecule has 1 atom stereocenters. The van der Waals surface area contributed by atoms with Crippen LogP contribution in [-0.4, -0.2) is 13.1 Å². The Bertz CT molecular complexity index is 333. The van der Waals surface area contributed by atoms with Crippen molar-refractivity contribution >= 4 is 15.9 Å². The Morgan fingerprint density at radius 1 is 1.31 bits per heavy atom. The van der Waals surface area contributed by atoms with Gasteiger partial charge in [0, 0.05) is 10.5 Å². The second-order valence-corrected chi connectivity index (χ2v) is 5.83. The van der Waals surface area contributed by atoms with Gasteiger partial charge in [0.05, 0.1) is 0 Å². The molecule has 0 fully saturated rings. The van der Waals surface area contributed by atoms with E-state index in [1.807, 2.05) is 0 Å². The van der Waals surface area contributed by atoms with Gasteiger partial charge in [-0.3, -0.25) is 0 Å². The minimum Gasteiger partial charge on any atom is -0.316 e. The maximum atomic E-state index is 3.61. The van der Waals surface area contributed by atoms with Gasteiger partial charge < -0.3 is 5.32 Å². The molecule has 1 unspecified atom stereocenters. The summed E-state index contributed by atoms with van der Waals surface area (Å²) in [4.78, 5) is 0. The van der Waals surface area contributed by atoms with Crippen molar-refractivity contribution in [2.75, 3.05) is 7.05 Å². The van der Waals surface area contributed by atoms with Crippen molar-refractivity contribution in [3.05, 3.63) is 34.3 Å². The largest absolute Gasteiger partial charge is 0.316 e. The number of benzene rings is 1. The third kappa shape index (κ3) is 3.33. The van der Waals surface area contributed by atoms with Crippen LogP contribution in [0.3, 0.4) is 0 Å². The lowest BCUT2D eigenvalue weighted by molar-refractivity contribution is 0.240. The molecule has 0 aliphatic heterocycles. The minimum atomic E-state index is 0.323. The number of hydrogen-bond donors (Lipinski definition) is 1. The Morgan fingerprint density at radius 2 is 1.94 bits per heavy atom. The van der Waals surface area contributed by atoms with Crippen LogP contribution in [0.4, 0.5) is 0 Å². The van der Waals surface area contributed by atoms with E-state index in [4.69, 9.17) is 0 Å². The van der Waals surface area contributed by atoms with Crippen LogP contribution in [0, 0.1) is 5.41 Å². The van der Waals surface area contributed by atoms with E-state index >= 15 is 0 Å². The molecule has 90 valence electrons. The topological polar surface area (TPSA) is 12.0 Å². The summed E-state index contributed by atoms with van der Waals surface area (Å²) < 4.78 is 1.21. The summed E-state index contributed by atoms with van der Waals surface area (Å²) in [5.74, 6) is 0. The Labute approximate surface area is 108 Å². The number of halogens is 1. The first-order valence-corrected chi connectivity index (χ1v) is 6.71. The van der Waals surface area contributed by atoms with Crippen LogP contribution in [0.1, 0.15) is 32.8 Å². The standard InChI is InChI=1S/C14H22BrN/c1-5-14(2,3)13(16-4)10-11-8-6-7-9-12(11)15/h6-9,13,16H,5,10H2,1-4H3. The Hall–Kier alpha value is -0.340. The number of hydrogen-bond acceptors (Lipinski definition) is 1. The highest BCUT2D eigenvalue weighted by Crippen LogP contribution is 2.28. The summed E-state index contributed by atoms with van der Waals surface area (Å²) in [7, 11) is 2.05. The van der Waals surface area contributed by atoms with E-state index in [1.165, 1.54) is 16.5 Å². The van der Waals surface area contributed by atoms with E-state index < -0.39 is 0 Å². The van der Waals surface area contributed by atoms with Crippen LogP contribution >= 0.6 is 15.9 Å². The van der Waals surface area contributed by atoms with Crippen LogP contribution in [0.25, 0.3) is 0 Å². The summed E-state index contributed by atoms with van der Waals surface area (Å²) in [5, 5.41) is 3.45. The molecule has 0 spiro atoms. The molecule has 0 amide bonds. The molecule has 1 aromatic rings. The van der Waals surface area contributed by atoms with Crippen LogP contribution in [0.15, 0.2) is 28.7 Å². The second kappa shape index (κ2) is 5.83. The normalized spacial score (nSPS) is 13.8. The molecule has 0 aromatic heterocycles. The van der Waals surface area contributed by atoms with Gasteiger partial charge in [0.25, 0.3) is 0 Å². The van der Waals surface area contributed by atoms with Crippen molar-refractivity contribution in [1.82, 2.24) is 5.32 Å². The zero-order valence-electron chi connectivity index (χ0n) is 10.7. The van der Waals surface area contributed by atoms with Gasteiger partial charge in [-0.25, -0.2) is 0 Å². The molecule has 16 heavy (non-hydrogen) atoms. The van der Waals surface area contributed by atoms with Crippen molar-refractivity contribution < 1.29 is 0 Å². The Balaban J connectivity index is 2.82. The third-order valence-electron chi connectivity index (χ3n) is 3.58. The highest BCUT2D eigenvalue weighted by molar-refractivity contribution is 9.10. The van der Waals surface area contributed by atoms with Gasteiger partial charge in [0.1, 0.15) is 0 Å². The van der Waals surface area contributed by atoms with Gasteiger partial charge in [-0.1, -0.05) is 54.9 Å². The fourth-order valence-corrected chi connectivity index (χ4v) is 2.35. The lowest BCUT2D eigenvalue weighted by atomic mass is 9.79. The highest BCUT2D eigenvalue weighted by Gasteiger charge is 2.26. The quantitative estimate of drug-likeness (QED) is 0.861. The maximum absolute atomic E-state index is 3.61. The van der Waals surface area contributed by atoms with Crippen LogP contribution in [-0.2, 0) is 6.42 Å². The van der Waals surface area contributed by atoms with Gasteiger partial charge in [0.15, 0.2) is 0 Å². The van der Waals surface area contributed by atoms with Crippen molar-refractivity contribution in [1.29, 1.82) is 0 Å². The van der Waals surface area contributed by atoms with E-state index in [-0.39, 0.29) is 0 Å². The summed E-state index contributed by atoms with van der Waals surface area (Å²) >= 11 is 3.61. The average Bonchev–Trinajstić information content (AvgIpc) is 2.27. The number of likely N-dealkylation sites (N-methyl/N-ethyl adjacent to an activating group) is 1. The molecule has 1 nitrogen and oxygen atoms in total. The molecule has 0 radical (unpaired) electrons. The first kappa shape index (κ1) is 13.7. The van der Waals surface area contributed by atoms with E-state index in [0.717, 1.165) is 6.42 Å². The summed E-state index contributed by atoms with van der Waals surface area (Å²) in [5.41, 5.74) is 1.70. The van der Waals surface area contributed by atoms with Crippen molar-refractivity contribution in [2.24, 2.45) is 5.41 Å². The highest BCUT2D eigenvalue weighted by atomic mass is 79.9. The zero-order chi connectivity index (χ0) is 12.2. The average molecular weight is 284 g/mol. The second-order valence-electron chi connectivity index (χ2n) is 4.98. The summed E-state index contributed by atoms with van der Waals surface area (Å²) in [6.45, 7) is 6.90. The van der Waals surface area contributed by atoms with Crippen molar-refractivity contribution in [3.63, 3.8) is 0 Å². The molecule has 0 bridgehead atoms. The van der Waals surface area contributed by atoms with E-state index in [9.17, 15) is 0 Å². The third-order valence-corrected chi connectivity index (χ3v) is 4.36. The first-order valence-electron chi connectivity index (χ1n) is 5.92. The van der Waals surface area contributed by atoms with E-state index in [2.05, 4.69) is 73.3 Å². The van der Waals surface area contributed by atoms with Crippen LogP contribution in [0.2, 0.25) is 0 Å². The van der Waals surface area contributed by atoms with E-state index in [1.54, 1.807) is 0 Å². The lowest BCUT2D eigenvalue weighted by Crippen LogP contribution is -2.41. The minimum absolute atomic E-state index is 0.323. The predicted molar refractivity (Wildman–Crippen MR) is 74.8 cm³/mol. The van der Waals surface area contributed by atoms with E-state index in [0.29, 0.717) is 11.5 Å². The Morgan fingerprint density at radius 3 is 2.44 bits per heavy atom. The lowest BCUT2D eigenvalue weighted by Gasteiger charge is -2.33. The van der Waals surface area contributed by atoms with Crippen LogP contribution < -0.4 is 5.32 Å². The SMILES string of the molecule is CCC(C)(C)C(Cc1ccccc1Br)NC. The smallest absolute Gasteiger partial charge is 0.0207 e. The Kier molecular flexibility index (Phi) is 5.00. The van der Waals surface area contributed by atoms with Crippen molar-refractivity contribution in [2.45, 2.75) is 39.7 Å². The molecule has 1 aromatic carbocycles. The first-order chi connectivity index (χ1) is 7.51. The molecule has 2 heteroatoms. The number of nitrogens with one attached hydrogen (secondary N) is 1. The van der Waals surface area contributed by atoms with Crippen LogP contribution in [0.5, 0.6) is 0 Å². The van der Waals surface area contributed by atoms with Gasteiger partial charge >= 0.3 is 0 Å². The molecule has 0 aliphatic rings. The van der Waals surface area contributed by atoms with Gasteiger partial charge in [-0.15, -0.1) is 0 Å².